The number of ether oxygens (including phenoxy) is 2. The summed E-state index contributed by atoms with van der Waals surface area (Å²) >= 11 is 0. The molecule has 1 aromatic carbocycles. The second-order valence-corrected chi connectivity index (χ2v) is 13.2. The lowest BCUT2D eigenvalue weighted by Gasteiger charge is -2.46. The zero-order valence-electron chi connectivity index (χ0n) is 23.5. The standard InChI is InChI=1S/C28H40N2O8/c1-25(2)11-15(12-26(3,4)29-25)37-23(35)19-10-20(18(22(33)34)9-17(19)21(31)32)24(36)38-16-13-27(5,6)30-28(7,8)14-16/h9-10,15-16,29-30H,11-14H2,1-8H3,(H,31,32)(H,33,34). The van der Waals surface area contributed by atoms with E-state index >= 15 is 0 Å². The number of aromatic carboxylic acids is 2. The fraction of sp³-hybridized carbons (Fsp3) is 0.643. The van der Waals surface area contributed by atoms with Crippen molar-refractivity contribution in [3.8, 4) is 0 Å². The molecule has 2 aliphatic heterocycles. The van der Waals surface area contributed by atoms with Crippen molar-refractivity contribution in [2.75, 3.05) is 0 Å². The zero-order chi connectivity index (χ0) is 28.8. The molecule has 0 radical (unpaired) electrons. The Morgan fingerprint density at radius 3 is 1.13 bits per heavy atom. The predicted molar refractivity (Wildman–Crippen MR) is 140 cm³/mol. The number of esters is 2. The molecule has 2 heterocycles. The lowest BCUT2D eigenvalue weighted by Crippen LogP contribution is -2.59. The summed E-state index contributed by atoms with van der Waals surface area (Å²) in [6, 6.07) is 1.80. The van der Waals surface area contributed by atoms with Crippen LogP contribution in [-0.2, 0) is 9.47 Å². The van der Waals surface area contributed by atoms with Gasteiger partial charge in [0.15, 0.2) is 0 Å². The number of piperidine rings is 2. The number of carboxylic acid groups (broad SMARTS) is 2. The molecule has 10 heteroatoms. The van der Waals surface area contributed by atoms with Gasteiger partial charge in [0.1, 0.15) is 12.2 Å². The number of rotatable bonds is 6. The van der Waals surface area contributed by atoms with Gasteiger partial charge in [-0.25, -0.2) is 19.2 Å². The van der Waals surface area contributed by atoms with Gasteiger partial charge in [0.2, 0.25) is 0 Å². The Morgan fingerprint density at radius 2 is 0.868 bits per heavy atom. The van der Waals surface area contributed by atoms with Crippen molar-refractivity contribution in [3.63, 3.8) is 0 Å². The minimum atomic E-state index is -1.51. The lowest BCUT2D eigenvalue weighted by molar-refractivity contribution is -0.00694. The Bertz CT molecular complexity index is 1030. The number of hydrogen-bond donors (Lipinski definition) is 4. The molecule has 0 bridgehead atoms. The van der Waals surface area contributed by atoms with Gasteiger partial charge < -0.3 is 30.3 Å². The molecule has 0 saturated carbocycles. The first-order valence-corrected chi connectivity index (χ1v) is 12.8. The summed E-state index contributed by atoms with van der Waals surface area (Å²) in [5, 5.41) is 26.5. The first kappa shape index (κ1) is 29.6. The van der Waals surface area contributed by atoms with Crippen molar-refractivity contribution in [2.24, 2.45) is 0 Å². The molecule has 1 aromatic rings. The summed E-state index contributed by atoms with van der Waals surface area (Å²) in [4.78, 5) is 50.5. The van der Waals surface area contributed by atoms with E-state index < -0.39 is 58.3 Å². The second-order valence-electron chi connectivity index (χ2n) is 13.2. The van der Waals surface area contributed by atoms with E-state index in [1.165, 1.54) is 0 Å². The van der Waals surface area contributed by atoms with Gasteiger partial charge in [0, 0.05) is 47.8 Å². The largest absolute Gasteiger partial charge is 0.478 e. The number of benzene rings is 1. The molecule has 210 valence electrons. The maximum atomic E-state index is 13.3. The summed E-state index contributed by atoms with van der Waals surface area (Å²) < 4.78 is 11.5. The van der Waals surface area contributed by atoms with E-state index in [1.807, 2.05) is 55.4 Å². The molecule has 2 fully saturated rings. The van der Waals surface area contributed by atoms with Gasteiger partial charge in [0.25, 0.3) is 0 Å². The summed E-state index contributed by atoms with van der Waals surface area (Å²) in [6.45, 7) is 15.9. The summed E-state index contributed by atoms with van der Waals surface area (Å²) in [7, 11) is 0. The highest BCUT2D eigenvalue weighted by molar-refractivity contribution is 6.09. The normalized spacial score (nSPS) is 22.3. The first-order chi connectivity index (χ1) is 17.2. The Hall–Kier alpha value is -2.98. The minimum absolute atomic E-state index is 0.332. The van der Waals surface area contributed by atoms with Crippen molar-refractivity contribution in [2.45, 2.75) is 115 Å². The van der Waals surface area contributed by atoms with Crippen LogP contribution in [0.2, 0.25) is 0 Å². The van der Waals surface area contributed by atoms with E-state index in [0.29, 0.717) is 25.7 Å². The molecule has 0 aromatic heterocycles. The number of carbonyl (C=O) groups is 4. The highest BCUT2D eigenvalue weighted by Gasteiger charge is 2.41. The van der Waals surface area contributed by atoms with Crippen molar-refractivity contribution >= 4 is 23.9 Å². The molecule has 10 nitrogen and oxygen atoms in total. The Balaban J connectivity index is 1.96. The van der Waals surface area contributed by atoms with Gasteiger partial charge in [0.05, 0.1) is 22.3 Å². The summed E-state index contributed by atoms with van der Waals surface area (Å²) in [5.74, 6) is -4.88. The van der Waals surface area contributed by atoms with Crippen molar-refractivity contribution in [1.82, 2.24) is 10.6 Å². The van der Waals surface area contributed by atoms with E-state index in [0.717, 1.165) is 12.1 Å². The third kappa shape index (κ3) is 7.11. The van der Waals surface area contributed by atoms with Gasteiger partial charge in [-0.2, -0.15) is 0 Å². The molecule has 38 heavy (non-hydrogen) atoms. The molecule has 3 rings (SSSR count). The van der Waals surface area contributed by atoms with Gasteiger partial charge in [-0.1, -0.05) is 0 Å². The van der Waals surface area contributed by atoms with Crippen LogP contribution in [0.1, 0.15) is 123 Å². The van der Waals surface area contributed by atoms with Crippen LogP contribution in [-0.4, -0.2) is 68.5 Å². The average Bonchev–Trinajstić information content (AvgIpc) is 2.67. The molecule has 0 amide bonds. The van der Waals surface area contributed by atoms with Gasteiger partial charge in [-0.3, -0.25) is 0 Å². The van der Waals surface area contributed by atoms with Crippen molar-refractivity contribution in [1.29, 1.82) is 0 Å². The first-order valence-electron chi connectivity index (χ1n) is 12.8. The third-order valence-electron chi connectivity index (χ3n) is 6.91. The van der Waals surface area contributed by atoms with Crippen molar-refractivity contribution in [3.05, 3.63) is 34.4 Å². The Labute approximate surface area is 223 Å². The van der Waals surface area contributed by atoms with Gasteiger partial charge >= 0.3 is 23.9 Å². The molecule has 0 aliphatic carbocycles. The fourth-order valence-corrected chi connectivity index (χ4v) is 6.34. The minimum Gasteiger partial charge on any atom is -0.478 e. The van der Waals surface area contributed by atoms with Crippen LogP contribution in [0.5, 0.6) is 0 Å². The third-order valence-corrected chi connectivity index (χ3v) is 6.91. The van der Waals surface area contributed by atoms with E-state index in [9.17, 15) is 29.4 Å². The summed E-state index contributed by atoms with van der Waals surface area (Å²) in [6.07, 6.45) is 0.956. The van der Waals surface area contributed by atoms with Crippen LogP contribution in [0.3, 0.4) is 0 Å². The van der Waals surface area contributed by atoms with Crippen LogP contribution in [0, 0.1) is 0 Å². The molecule has 2 aliphatic rings. The van der Waals surface area contributed by atoms with Crippen LogP contribution in [0.4, 0.5) is 0 Å². The van der Waals surface area contributed by atoms with Crippen LogP contribution < -0.4 is 10.6 Å². The Morgan fingerprint density at radius 1 is 0.605 bits per heavy atom. The fourth-order valence-electron chi connectivity index (χ4n) is 6.34. The van der Waals surface area contributed by atoms with E-state index in [1.54, 1.807) is 0 Å². The zero-order valence-corrected chi connectivity index (χ0v) is 23.5. The van der Waals surface area contributed by atoms with Crippen LogP contribution in [0.25, 0.3) is 0 Å². The number of carboxylic acids is 2. The topological polar surface area (TPSA) is 151 Å². The van der Waals surface area contributed by atoms with Crippen molar-refractivity contribution < 1.29 is 38.9 Å². The number of carbonyl (C=O) groups excluding carboxylic acids is 2. The number of nitrogens with one attached hydrogen (secondary N) is 2. The molecule has 0 spiro atoms. The molecule has 0 unspecified atom stereocenters. The SMILES string of the molecule is CC1(C)CC(OC(=O)c2cc(C(=O)OC3CC(C)(C)NC(C)(C)C3)c(C(=O)O)cc2C(=O)O)CC(C)(C)N1. The molecule has 4 N–H and O–H groups in total. The highest BCUT2D eigenvalue weighted by atomic mass is 16.5. The molecule has 0 atom stereocenters. The monoisotopic (exact) mass is 532 g/mol. The van der Waals surface area contributed by atoms with E-state index in [4.69, 9.17) is 9.47 Å². The quantitative estimate of drug-likeness (QED) is 0.395. The average molecular weight is 533 g/mol. The maximum Gasteiger partial charge on any atom is 0.339 e. The molecular formula is C28H40N2O8. The predicted octanol–water partition coefficient (Wildman–Crippen LogP) is 4.02. The Kier molecular flexibility index (Phi) is 7.75. The highest BCUT2D eigenvalue weighted by Crippen LogP contribution is 2.33. The van der Waals surface area contributed by atoms with Gasteiger partial charge in [-0.15, -0.1) is 0 Å². The van der Waals surface area contributed by atoms with Crippen LogP contribution in [0.15, 0.2) is 12.1 Å². The summed E-state index contributed by atoms with van der Waals surface area (Å²) in [5.41, 5.74) is -3.23. The van der Waals surface area contributed by atoms with E-state index in [-0.39, 0.29) is 22.2 Å². The lowest BCUT2D eigenvalue weighted by atomic mass is 9.81. The maximum absolute atomic E-state index is 13.3. The van der Waals surface area contributed by atoms with Gasteiger partial charge in [-0.05, 0) is 67.5 Å². The molecular weight excluding hydrogens is 492 g/mol. The van der Waals surface area contributed by atoms with Crippen LogP contribution >= 0.6 is 0 Å². The molecule has 2 saturated heterocycles. The smallest absolute Gasteiger partial charge is 0.339 e. The number of hydrogen-bond acceptors (Lipinski definition) is 8. The second kappa shape index (κ2) is 9.96. The van der Waals surface area contributed by atoms with E-state index in [2.05, 4.69) is 10.6 Å².